The van der Waals surface area contributed by atoms with Gasteiger partial charge in [-0.25, -0.2) is 0 Å². The maximum atomic E-state index is 11.2. The summed E-state index contributed by atoms with van der Waals surface area (Å²) in [5.74, 6) is -0.610. The normalized spacial score (nSPS) is 12.0. The summed E-state index contributed by atoms with van der Waals surface area (Å²) in [5, 5.41) is 0. The van der Waals surface area contributed by atoms with E-state index >= 15 is 0 Å². The molecule has 4 nitrogen and oxygen atoms in total. The number of carbonyl (C=O) groups is 1. The van der Waals surface area contributed by atoms with Gasteiger partial charge in [0, 0.05) is 18.2 Å². The van der Waals surface area contributed by atoms with Crippen molar-refractivity contribution < 1.29 is 19.1 Å². The molecule has 0 atom stereocenters. The third-order valence-electron chi connectivity index (χ3n) is 3.86. The number of hydrogen-bond donors (Lipinski definition) is 2. The van der Waals surface area contributed by atoms with Crippen molar-refractivity contribution in [1.29, 1.82) is 0 Å². The molecule has 0 rings (SSSR count). The first-order valence-corrected chi connectivity index (χ1v) is 12.0. The summed E-state index contributed by atoms with van der Waals surface area (Å²) < 4.78 is 4.35. The van der Waals surface area contributed by atoms with Crippen molar-refractivity contribution in [2.75, 3.05) is 0 Å². The fraction of sp³-hybridized carbons (Fsp3) is 0.833. The molecule has 0 bridgehead atoms. The molecule has 0 saturated heterocycles. The number of allylic oxidation sites excluding steroid dienone is 2. The smallest absolute Gasteiger partial charge is 0.377 e. The van der Waals surface area contributed by atoms with E-state index in [-0.39, 0.29) is 6.42 Å². The van der Waals surface area contributed by atoms with Crippen LogP contribution in [0.4, 0.5) is 0 Å². The highest BCUT2D eigenvalue weighted by molar-refractivity contribution is 8.06. The van der Waals surface area contributed by atoms with E-state index in [1.54, 1.807) is 0 Å². The maximum Gasteiger partial charge on any atom is 0.377 e. The molecule has 6 heteroatoms. The zero-order valence-corrected chi connectivity index (χ0v) is 16.8. The largest absolute Gasteiger partial charge is 0.392 e. The lowest BCUT2D eigenvalue weighted by Crippen LogP contribution is -2.01. The molecule has 0 saturated carbocycles. The van der Waals surface area contributed by atoms with Crippen LogP contribution in [-0.2, 0) is 21.1 Å². The van der Waals surface area contributed by atoms with E-state index in [0.717, 1.165) is 25.7 Å². The van der Waals surface area contributed by atoms with E-state index < -0.39 is 12.7 Å². The number of hydrogen-bond acceptors (Lipinski definition) is 3. The highest BCUT2D eigenvalue weighted by Gasteiger charge is 2.14. The van der Waals surface area contributed by atoms with Crippen LogP contribution in [0.3, 0.4) is 0 Å². The van der Waals surface area contributed by atoms with E-state index in [1.807, 2.05) is 0 Å². The van der Waals surface area contributed by atoms with Gasteiger partial charge < -0.3 is 14.3 Å². The van der Waals surface area contributed by atoms with E-state index in [2.05, 4.69) is 35.4 Å². The first-order chi connectivity index (χ1) is 11.5. The van der Waals surface area contributed by atoms with Crippen molar-refractivity contribution in [3.63, 3.8) is 0 Å². The van der Waals surface area contributed by atoms with Crippen LogP contribution in [0.5, 0.6) is 0 Å². The predicted octanol–water partition coefficient (Wildman–Crippen LogP) is 5.78. The third-order valence-corrected chi connectivity index (χ3v) is 4.53. The van der Waals surface area contributed by atoms with Gasteiger partial charge in [-0.2, -0.15) is 0 Å². The third kappa shape index (κ3) is 19.8. The fourth-order valence-corrected chi connectivity index (χ4v) is 3.12. The minimum absolute atomic E-state index is 0.206. The van der Waals surface area contributed by atoms with Crippen molar-refractivity contribution >= 4 is 24.5 Å². The van der Waals surface area contributed by atoms with Crippen molar-refractivity contribution in [2.24, 2.45) is 0 Å². The fourth-order valence-electron chi connectivity index (χ4n) is 2.52. The van der Waals surface area contributed by atoms with Crippen molar-refractivity contribution in [1.82, 2.24) is 0 Å². The van der Waals surface area contributed by atoms with E-state index in [4.69, 9.17) is 9.79 Å². The maximum absolute atomic E-state index is 11.2. The molecule has 0 radical (unpaired) electrons. The molecule has 0 heterocycles. The van der Waals surface area contributed by atoms with Gasteiger partial charge in [0.05, 0.1) is 0 Å². The quantitative estimate of drug-likeness (QED) is 0.202. The Bertz CT molecular complexity index is 379. The zero-order chi connectivity index (χ0) is 18.1. The van der Waals surface area contributed by atoms with Gasteiger partial charge in [0.15, 0.2) is 0 Å². The van der Waals surface area contributed by atoms with Crippen LogP contribution in [0, 0.1) is 0 Å². The van der Waals surface area contributed by atoms with E-state index in [1.165, 1.54) is 51.4 Å². The van der Waals surface area contributed by atoms with Crippen LogP contribution >= 0.6 is 6.72 Å². The molecular weight excluding hydrogens is 343 g/mol. The molecule has 0 aromatic carbocycles. The Hall–Kier alpha value is -0.220. The Morgan fingerprint density at radius 3 is 1.83 bits per heavy atom. The Kier molecular flexibility index (Phi) is 16.1. The lowest BCUT2D eigenvalue weighted by molar-refractivity contribution is -0.135. The van der Waals surface area contributed by atoms with Gasteiger partial charge >= 0.3 is 12.7 Å². The standard InChI is InChI=1S/C18H35O4PS/c1-2-3-4-5-6-7-8-9-10-11-12-13-14-15-16-17-18(19)22-23(20,21)24/h9-10H,2-8,11-17H2,1H3,(H2,20,21,24). The second-order valence-electron chi connectivity index (χ2n) is 6.29. The molecule has 0 aromatic heterocycles. The van der Waals surface area contributed by atoms with Crippen molar-refractivity contribution in [2.45, 2.75) is 96.8 Å². The van der Waals surface area contributed by atoms with Gasteiger partial charge in [-0.15, -0.1) is 0 Å². The molecule has 142 valence electrons. The van der Waals surface area contributed by atoms with Gasteiger partial charge in [-0.1, -0.05) is 70.4 Å². The average Bonchev–Trinajstić information content (AvgIpc) is 2.49. The Morgan fingerprint density at radius 1 is 0.875 bits per heavy atom. The second kappa shape index (κ2) is 16.3. The Morgan fingerprint density at radius 2 is 1.33 bits per heavy atom. The van der Waals surface area contributed by atoms with Crippen molar-refractivity contribution in [3.8, 4) is 0 Å². The zero-order valence-electron chi connectivity index (χ0n) is 15.1. The summed E-state index contributed by atoms with van der Waals surface area (Å²) in [5.41, 5.74) is 0. The van der Waals surface area contributed by atoms with Gasteiger partial charge in [-0.3, -0.25) is 4.79 Å². The van der Waals surface area contributed by atoms with E-state index in [9.17, 15) is 4.79 Å². The van der Waals surface area contributed by atoms with Gasteiger partial charge in [0.1, 0.15) is 0 Å². The van der Waals surface area contributed by atoms with Crippen LogP contribution in [0.15, 0.2) is 12.2 Å². The topological polar surface area (TPSA) is 66.8 Å². The molecule has 0 aromatic rings. The predicted molar refractivity (Wildman–Crippen MR) is 104 cm³/mol. The molecule has 0 aliphatic carbocycles. The minimum Gasteiger partial charge on any atom is -0.392 e. The monoisotopic (exact) mass is 378 g/mol. The Balaban J connectivity index is 3.26. The molecule has 2 N–H and O–H groups in total. The molecular formula is C18H35O4PS. The summed E-state index contributed by atoms with van der Waals surface area (Å²) >= 11 is 4.24. The number of rotatable bonds is 16. The van der Waals surface area contributed by atoms with Crippen LogP contribution < -0.4 is 0 Å². The Labute approximate surface area is 152 Å². The lowest BCUT2D eigenvalue weighted by atomic mass is 10.1. The molecule has 0 aliphatic heterocycles. The molecule has 24 heavy (non-hydrogen) atoms. The SMILES string of the molecule is CCCCCCCCC=CCCCCCCCC(=O)OP(O)(O)=S. The second-order valence-corrected chi connectivity index (χ2v) is 8.88. The minimum atomic E-state index is -3.84. The molecule has 0 amide bonds. The summed E-state index contributed by atoms with van der Waals surface area (Å²) in [6.07, 6.45) is 20.4. The highest BCUT2D eigenvalue weighted by atomic mass is 32.5. The highest BCUT2D eigenvalue weighted by Crippen LogP contribution is 2.36. The van der Waals surface area contributed by atoms with Crippen LogP contribution in [0.25, 0.3) is 0 Å². The number of carbonyl (C=O) groups excluding carboxylic acids is 1. The van der Waals surface area contributed by atoms with Crippen molar-refractivity contribution in [3.05, 3.63) is 12.2 Å². The summed E-state index contributed by atoms with van der Waals surface area (Å²) in [7, 11) is 0. The van der Waals surface area contributed by atoms with Crippen LogP contribution in [0.2, 0.25) is 0 Å². The first-order valence-electron chi connectivity index (χ1n) is 9.38. The molecule has 0 fully saturated rings. The molecule has 0 unspecified atom stereocenters. The molecule has 0 aliphatic rings. The first kappa shape index (κ1) is 23.8. The van der Waals surface area contributed by atoms with Gasteiger partial charge in [-0.05, 0) is 32.1 Å². The summed E-state index contributed by atoms with van der Waals surface area (Å²) in [6.45, 7) is -1.59. The lowest BCUT2D eigenvalue weighted by Gasteiger charge is -2.07. The molecule has 0 spiro atoms. The van der Waals surface area contributed by atoms with Crippen LogP contribution in [-0.4, -0.2) is 15.8 Å². The average molecular weight is 379 g/mol. The summed E-state index contributed by atoms with van der Waals surface area (Å²) in [4.78, 5) is 28.9. The van der Waals surface area contributed by atoms with Crippen LogP contribution in [0.1, 0.15) is 96.8 Å². The van der Waals surface area contributed by atoms with Gasteiger partial charge in [0.2, 0.25) is 0 Å². The number of unbranched alkanes of at least 4 members (excludes halogenated alkanes) is 11. The summed E-state index contributed by atoms with van der Waals surface area (Å²) in [6, 6.07) is 0. The van der Waals surface area contributed by atoms with E-state index in [0.29, 0.717) is 6.42 Å². The van der Waals surface area contributed by atoms with Gasteiger partial charge in [0.25, 0.3) is 0 Å².